The Balaban J connectivity index is 1.96. The van der Waals surface area contributed by atoms with Crippen molar-refractivity contribution >= 4 is 61.9 Å². The first-order valence-electron chi connectivity index (χ1n) is 9.74. The summed E-state index contributed by atoms with van der Waals surface area (Å²) in [6.45, 7) is 3.74. The molecule has 0 radical (unpaired) electrons. The molecule has 32 heavy (non-hydrogen) atoms. The number of phenols is 1. The van der Waals surface area contributed by atoms with Gasteiger partial charge in [-0.15, -0.1) is 0 Å². The van der Waals surface area contributed by atoms with Gasteiger partial charge in [0.05, 0.1) is 36.5 Å². The molecule has 1 aromatic heterocycles. The van der Waals surface area contributed by atoms with Gasteiger partial charge < -0.3 is 9.84 Å². The molecule has 2 heterocycles. The van der Waals surface area contributed by atoms with E-state index in [4.69, 9.17) is 4.74 Å². The molecular weight excluding hydrogens is 607 g/mol. The van der Waals surface area contributed by atoms with E-state index in [0.29, 0.717) is 28.6 Å². The summed E-state index contributed by atoms with van der Waals surface area (Å²) in [5.41, 5.74) is 2.23. The molecule has 2 aromatic carbocycles. The highest BCUT2D eigenvalue weighted by Crippen LogP contribution is 2.32. The normalized spacial score (nSPS) is 16.0. The van der Waals surface area contributed by atoms with Gasteiger partial charge in [0, 0.05) is 0 Å². The van der Waals surface area contributed by atoms with Gasteiger partial charge in [0.15, 0.2) is 4.80 Å². The van der Waals surface area contributed by atoms with Crippen molar-refractivity contribution in [3.05, 3.63) is 92.6 Å². The van der Waals surface area contributed by atoms with Gasteiger partial charge in [-0.2, -0.15) is 0 Å². The lowest BCUT2D eigenvalue weighted by molar-refractivity contribution is -0.139. The summed E-state index contributed by atoms with van der Waals surface area (Å²) in [5, 5.41) is 10.0. The molecule has 0 fully saturated rings. The Hall–Kier alpha value is -2.24. The van der Waals surface area contributed by atoms with Gasteiger partial charge >= 0.3 is 5.97 Å². The van der Waals surface area contributed by atoms with Gasteiger partial charge in [0.25, 0.3) is 5.56 Å². The zero-order chi connectivity index (χ0) is 23.0. The molecule has 164 valence electrons. The van der Waals surface area contributed by atoms with Gasteiger partial charge in [-0.05, 0) is 81.7 Å². The Kier molecular flexibility index (Phi) is 6.68. The molecule has 0 unspecified atom stereocenters. The first-order chi connectivity index (χ1) is 15.3. The van der Waals surface area contributed by atoms with E-state index >= 15 is 0 Å². The molecule has 0 bridgehead atoms. The number of phenolic OH excluding ortho intramolecular Hbond substituents is 1. The maximum absolute atomic E-state index is 13.5. The summed E-state index contributed by atoms with van der Waals surface area (Å²) in [5.74, 6) is -0.322. The number of allylic oxidation sites excluding steroid dienone is 1. The average Bonchev–Trinajstić information content (AvgIpc) is 3.06. The molecular formula is C23H18BrIN2O4S. The lowest BCUT2D eigenvalue weighted by Crippen LogP contribution is -2.39. The molecule has 1 atom stereocenters. The summed E-state index contributed by atoms with van der Waals surface area (Å²) in [6, 6.07) is 12.3. The van der Waals surface area contributed by atoms with Crippen LogP contribution in [0.3, 0.4) is 0 Å². The predicted octanol–water partition coefficient (Wildman–Crippen LogP) is 3.87. The van der Waals surface area contributed by atoms with Crippen LogP contribution in [0.25, 0.3) is 6.08 Å². The fourth-order valence-corrected chi connectivity index (χ4v) is 6.11. The first kappa shape index (κ1) is 22.9. The maximum Gasteiger partial charge on any atom is 0.338 e. The Morgan fingerprint density at radius 2 is 2.06 bits per heavy atom. The fourth-order valence-electron chi connectivity index (χ4n) is 3.56. The lowest BCUT2D eigenvalue weighted by Gasteiger charge is -2.24. The van der Waals surface area contributed by atoms with E-state index in [1.807, 2.05) is 52.9 Å². The molecule has 1 N–H and O–H groups in total. The minimum atomic E-state index is -0.625. The third kappa shape index (κ3) is 4.20. The smallest absolute Gasteiger partial charge is 0.338 e. The highest BCUT2D eigenvalue weighted by atomic mass is 127. The Morgan fingerprint density at radius 1 is 1.34 bits per heavy atom. The number of hydrogen-bond donors (Lipinski definition) is 1. The van der Waals surface area contributed by atoms with E-state index < -0.39 is 12.0 Å². The van der Waals surface area contributed by atoms with Crippen molar-refractivity contribution in [2.45, 2.75) is 19.9 Å². The van der Waals surface area contributed by atoms with E-state index in [1.165, 1.54) is 11.3 Å². The highest BCUT2D eigenvalue weighted by Gasteiger charge is 2.33. The second-order valence-electron chi connectivity index (χ2n) is 7.05. The number of nitrogens with zero attached hydrogens (tertiary/aromatic N) is 2. The topological polar surface area (TPSA) is 80.9 Å². The summed E-state index contributed by atoms with van der Waals surface area (Å²) >= 11 is 6.64. The average molecular weight is 625 g/mol. The number of aromatic nitrogens is 1. The molecule has 6 nitrogen and oxygen atoms in total. The van der Waals surface area contributed by atoms with Crippen LogP contribution in [-0.4, -0.2) is 22.2 Å². The van der Waals surface area contributed by atoms with Crippen molar-refractivity contribution in [2.24, 2.45) is 4.99 Å². The van der Waals surface area contributed by atoms with Crippen LogP contribution in [-0.2, 0) is 9.53 Å². The highest BCUT2D eigenvalue weighted by molar-refractivity contribution is 14.1. The van der Waals surface area contributed by atoms with E-state index in [2.05, 4.69) is 20.9 Å². The van der Waals surface area contributed by atoms with E-state index in [9.17, 15) is 14.7 Å². The van der Waals surface area contributed by atoms with E-state index in [0.717, 1.165) is 11.1 Å². The number of fused-ring (bicyclic) bond motifs is 1. The number of aromatic hydroxyl groups is 1. The van der Waals surface area contributed by atoms with Gasteiger partial charge in [-0.1, -0.05) is 41.7 Å². The zero-order valence-corrected chi connectivity index (χ0v) is 21.7. The van der Waals surface area contributed by atoms with Crippen molar-refractivity contribution < 1.29 is 14.6 Å². The Labute approximate surface area is 209 Å². The number of thiazole rings is 1. The quantitative estimate of drug-likeness (QED) is 0.353. The number of halogens is 2. The predicted molar refractivity (Wildman–Crippen MR) is 135 cm³/mol. The maximum atomic E-state index is 13.5. The number of carbonyl (C=O) groups excluding carboxylic acids is 1. The molecule has 4 rings (SSSR count). The number of ether oxygens (including phenoxy) is 1. The second kappa shape index (κ2) is 9.32. The number of carbonyl (C=O) groups is 1. The van der Waals surface area contributed by atoms with Crippen LogP contribution in [0.5, 0.6) is 5.75 Å². The van der Waals surface area contributed by atoms with Gasteiger partial charge in [0.1, 0.15) is 5.75 Å². The third-order valence-electron chi connectivity index (χ3n) is 4.97. The van der Waals surface area contributed by atoms with Gasteiger partial charge in [-0.3, -0.25) is 9.36 Å². The summed E-state index contributed by atoms with van der Waals surface area (Å²) in [7, 11) is 0. The van der Waals surface area contributed by atoms with Gasteiger partial charge in [-0.25, -0.2) is 9.79 Å². The Bertz CT molecular complexity index is 1400. The Morgan fingerprint density at radius 3 is 2.72 bits per heavy atom. The summed E-state index contributed by atoms with van der Waals surface area (Å²) in [6.07, 6.45) is 1.77. The van der Waals surface area contributed by atoms with Crippen LogP contribution in [0.2, 0.25) is 0 Å². The van der Waals surface area contributed by atoms with Crippen LogP contribution in [0.4, 0.5) is 0 Å². The van der Waals surface area contributed by atoms with Crippen molar-refractivity contribution in [2.75, 3.05) is 6.61 Å². The number of rotatable bonds is 4. The minimum Gasteiger partial charge on any atom is -0.506 e. The zero-order valence-electron chi connectivity index (χ0n) is 17.1. The summed E-state index contributed by atoms with van der Waals surface area (Å²) < 4.78 is 8.55. The van der Waals surface area contributed by atoms with Crippen LogP contribution in [0.15, 0.2) is 68.0 Å². The van der Waals surface area contributed by atoms with Crippen LogP contribution >= 0.6 is 49.9 Å². The van der Waals surface area contributed by atoms with E-state index in [1.54, 1.807) is 36.6 Å². The van der Waals surface area contributed by atoms with Crippen molar-refractivity contribution in [1.29, 1.82) is 0 Å². The molecule has 9 heteroatoms. The van der Waals surface area contributed by atoms with E-state index in [-0.39, 0.29) is 17.9 Å². The molecule has 1 aliphatic rings. The van der Waals surface area contributed by atoms with Crippen molar-refractivity contribution in [3.63, 3.8) is 0 Å². The van der Waals surface area contributed by atoms with Crippen LogP contribution < -0.4 is 14.9 Å². The lowest BCUT2D eigenvalue weighted by atomic mass is 9.96. The molecule has 0 saturated carbocycles. The molecule has 1 aliphatic heterocycles. The second-order valence-corrected chi connectivity index (χ2v) is 10.1. The molecule has 0 spiro atoms. The largest absolute Gasteiger partial charge is 0.506 e. The number of benzene rings is 2. The monoisotopic (exact) mass is 624 g/mol. The summed E-state index contributed by atoms with van der Waals surface area (Å²) in [4.78, 5) is 31.4. The minimum absolute atomic E-state index is 0.156. The van der Waals surface area contributed by atoms with Gasteiger partial charge in [0.2, 0.25) is 0 Å². The van der Waals surface area contributed by atoms with Crippen LogP contribution in [0, 0.1) is 3.57 Å². The molecule has 0 aliphatic carbocycles. The number of esters is 1. The third-order valence-corrected chi connectivity index (χ3v) is 7.38. The van der Waals surface area contributed by atoms with Crippen molar-refractivity contribution in [1.82, 2.24) is 4.57 Å². The van der Waals surface area contributed by atoms with Crippen molar-refractivity contribution in [3.8, 4) is 5.75 Å². The van der Waals surface area contributed by atoms with Crippen LogP contribution in [0.1, 0.15) is 31.0 Å². The molecule has 3 aromatic rings. The first-order valence-corrected chi connectivity index (χ1v) is 12.4. The molecule has 0 amide bonds. The standard InChI is InChI=1S/C23H18BrIN2O4S/c1-3-31-22(30)18-12(2)26-23-27(19(18)14-7-5-4-6-8-14)21(29)17(32-23)11-13-9-15(24)20(28)16(25)10-13/h4-11,19,28H,3H2,1-2H3/b17-11+/t19-/m0/s1. The fraction of sp³-hybridized carbons (Fsp3) is 0.174. The SMILES string of the molecule is CCOC(=O)C1=C(C)N=c2s/c(=C/c3cc(Br)c(O)c(I)c3)c(=O)n2[C@H]1c1ccccc1. The number of hydrogen-bond acceptors (Lipinski definition) is 6. The molecule has 0 saturated heterocycles.